The molecule has 0 bridgehead atoms. The Bertz CT molecular complexity index is 1260. The lowest BCUT2D eigenvalue weighted by molar-refractivity contribution is -0.167. The van der Waals surface area contributed by atoms with Crippen molar-refractivity contribution in [2.24, 2.45) is 0 Å². The predicted octanol–water partition coefficient (Wildman–Crippen LogP) is 16.6. The maximum atomic E-state index is 12.8. The molecule has 352 valence electrons. The first-order valence-corrected chi connectivity index (χ1v) is 25.3. The van der Waals surface area contributed by atoms with Crippen LogP contribution in [0.4, 0.5) is 0 Å². The van der Waals surface area contributed by atoms with E-state index in [4.69, 9.17) is 14.2 Å². The molecule has 0 fully saturated rings. The van der Waals surface area contributed by atoms with E-state index in [1.165, 1.54) is 32.1 Å². The third kappa shape index (κ3) is 47.4. The van der Waals surface area contributed by atoms with Crippen molar-refractivity contribution < 1.29 is 28.6 Å². The predicted molar refractivity (Wildman–Crippen MR) is 265 cm³/mol. The third-order valence-electron chi connectivity index (χ3n) is 10.4. The van der Waals surface area contributed by atoms with Gasteiger partial charge in [-0.3, -0.25) is 14.4 Å². The largest absolute Gasteiger partial charge is 0.462 e. The van der Waals surface area contributed by atoms with Crippen molar-refractivity contribution in [3.63, 3.8) is 0 Å². The highest BCUT2D eigenvalue weighted by atomic mass is 16.6. The number of allylic oxidation sites excluding steroid dienone is 16. The maximum Gasteiger partial charge on any atom is 0.306 e. The van der Waals surface area contributed by atoms with E-state index in [1.807, 2.05) is 0 Å². The molecule has 0 saturated carbocycles. The molecule has 0 aromatic heterocycles. The number of esters is 3. The summed E-state index contributed by atoms with van der Waals surface area (Å²) in [5.74, 6) is -0.964. The van der Waals surface area contributed by atoms with E-state index < -0.39 is 6.10 Å². The standard InChI is InChI=1S/C56H92O6/c1-4-7-10-13-16-19-22-25-27-28-29-30-32-34-37-40-43-46-49-55(58)61-52-53(51-60-54(57)48-45-42-39-36-33-24-21-18-15-12-9-6-3)62-56(59)50-47-44-41-38-35-31-26-23-20-17-14-11-8-5-2/h8-9,11-12,17-18,20-22,25-31,53H,4-7,10,13-16,19,23-24,32-52H2,1-3H3/b11-8-,12-9-,20-17-,21-18-,25-22-,28-27-,30-29-,31-26-. The fourth-order valence-corrected chi connectivity index (χ4v) is 6.61. The van der Waals surface area contributed by atoms with Crippen molar-refractivity contribution in [3.8, 4) is 0 Å². The van der Waals surface area contributed by atoms with Gasteiger partial charge >= 0.3 is 17.9 Å². The van der Waals surface area contributed by atoms with E-state index in [0.29, 0.717) is 19.3 Å². The second kappa shape index (κ2) is 50.0. The first kappa shape index (κ1) is 58.3. The SMILES string of the molecule is CC/C=C\C/C=C\C/C=C\CCCCCCC(=O)OC(COC(=O)CCCCCCC\C=C/C=C\C=C/CCCCCCC)COC(=O)CCCCCCC/C=C\C/C=C\CC. The lowest BCUT2D eigenvalue weighted by Gasteiger charge is -2.18. The van der Waals surface area contributed by atoms with Crippen LogP contribution >= 0.6 is 0 Å². The van der Waals surface area contributed by atoms with Crippen LogP contribution in [0.1, 0.15) is 220 Å². The Morgan fingerprint density at radius 3 is 1.11 bits per heavy atom. The number of carbonyl (C=O) groups is 3. The zero-order valence-corrected chi connectivity index (χ0v) is 40.1. The Morgan fingerprint density at radius 1 is 0.355 bits per heavy atom. The molecule has 62 heavy (non-hydrogen) atoms. The Hall–Kier alpha value is -3.67. The number of carbonyl (C=O) groups excluding carboxylic acids is 3. The Balaban J connectivity index is 4.47. The highest BCUT2D eigenvalue weighted by molar-refractivity contribution is 5.71. The van der Waals surface area contributed by atoms with Crippen LogP contribution in [0.25, 0.3) is 0 Å². The normalized spacial score (nSPS) is 12.9. The number of rotatable bonds is 44. The van der Waals surface area contributed by atoms with Gasteiger partial charge in [-0.05, 0) is 103 Å². The van der Waals surface area contributed by atoms with Crippen LogP contribution in [0, 0.1) is 0 Å². The fraction of sp³-hybridized carbons (Fsp3) is 0.661. The van der Waals surface area contributed by atoms with Crippen molar-refractivity contribution in [1.29, 1.82) is 0 Å². The summed E-state index contributed by atoms with van der Waals surface area (Å²) in [5, 5.41) is 0. The minimum absolute atomic E-state index is 0.102. The van der Waals surface area contributed by atoms with Crippen molar-refractivity contribution in [3.05, 3.63) is 97.2 Å². The molecule has 0 rings (SSSR count). The quantitative estimate of drug-likeness (QED) is 0.0200. The van der Waals surface area contributed by atoms with E-state index in [0.717, 1.165) is 148 Å². The second-order valence-corrected chi connectivity index (χ2v) is 16.4. The minimum Gasteiger partial charge on any atom is -0.462 e. The number of ether oxygens (including phenoxy) is 3. The summed E-state index contributed by atoms with van der Waals surface area (Å²) in [6.45, 7) is 6.33. The van der Waals surface area contributed by atoms with Gasteiger partial charge in [0.2, 0.25) is 0 Å². The molecule has 1 unspecified atom stereocenters. The molecular formula is C56H92O6. The highest BCUT2D eigenvalue weighted by Gasteiger charge is 2.19. The highest BCUT2D eigenvalue weighted by Crippen LogP contribution is 2.13. The molecule has 0 aliphatic heterocycles. The van der Waals surface area contributed by atoms with Crippen molar-refractivity contribution in [2.75, 3.05) is 13.2 Å². The van der Waals surface area contributed by atoms with Gasteiger partial charge in [-0.2, -0.15) is 0 Å². The lowest BCUT2D eigenvalue weighted by atomic mass is 10.1. The van der Waals surface area contributed by atoms with Crippen molar-refractivity contribution >= 4 is 17.9 Å². The summed E-state index contributed by atoms with van der Waals surface area (Å²) in [6, 6.07) is 0. The van der Waals surface area contributed by atoms with Crippen LogP contribution in [0.15, 0.2) is 97.2 Å². The summed E-state index contributed by atoms with van der Waals surface area (Å²) in [7, 11) is 0. The van der Waals surface area contributed by atoms with Crippen LogP contribution in [-0.4, -0.2) is 37.2 Å². The molecular weight excluding hydrogens is 769 g/mol. The molecule has 6 heteroatoms. The van der Waals surface area contributed by atoms with E-state index in [2.05, 4.69) is 118 Å². The zero-order chi connectivity index (χ0) is 45.1. The van der Waals surface area contributed by atoms with Gasteiger partial charge in [0.25, 0.3) is 0 Å². The average Bonchev–Trinajstić information content (AvgIpc) is 3.27. The first-order chi connectivity index (χ1) is 30.5. The van der Waals surface area contributed by atoms with E-state index in [1.54, 1.807) is 0 Å². The zero-order valence-electron chi connectivity index (χ0n) is 40.1. The summed E-state index contributed by atoms with van der Waals surface area (Å²) < 4.78 is 16.7. The van der Waals surface area contributed by atoms with Crippen LogP contribution in [-0.2, 0) is 28.6 Å². The van der Waals surface area contributed by atoms with Gasteiger partial charge in [0, 0.05) is 19.3 Å². The molecule has 0 spiro atoms. The Kier molecular flexibility index (Phi) is 47.0. The van der Waals surface area contributed by atoms with Gasteiger partial charge in [-0.25, -0.2) is 0 Å². The molecule has 0 amide bonds. The smallest absolute Gasteiger partial charge is 0.306 e. The second-order valence-electron chi connectivity index (χ2n) is 16.4. The molecule has 6 nitrogen and oxygen atoms in total. The van der Waals surface area contributed by atoms with Crippen molar-refractivity contribution in [1.82, 2.24) is 0 Å². The summed E-state index contributed by atoms with van der Waals surface area (Å²) in [6.07, 6.45) is 65.3. The topological polar surface area (TPSA) is 78.9 Å². The van der Waals surface area contributed by atoms with Gasteiger partial charge in [0.15, 0.2) is 6.10 Å². The summed E-state index contributed by atoms with van der Waals surface area (Å²) in [5.41, 5.74) is 0. The van der Waals surface area contributed by atoms with Crippen LogP contribution in [0.5, 0.6) is 0 Å². The Labute approximate surface area is 381 Å². The van der Waals surface area contributed by atoms with E-state index in [-0.39, 0.29) is 31.1 Å². The van der Waals surface area contributed by atoms with Gasteiger partial charge in [0.05, 0.1) is 0 Å². The fourth-order valence-electron chi connectivity index (χ4n) is 6.61. The molecule has 1 atom stereocenters. The van der Waals surface area contributed by atoms with Crippen molar-refractivity contribution in [2.45, 2.75) is 226 Å². The number of unbranched alkanes of at least 4 members (excludes halogenated alkanes) is 19. The lowest BCUT2D eigenvalue weighted by Crippen LogP contribution is -2.30. The molecule has 0 aromatic carbocycles. The summed E-state index contributed by atoms with van der Waals surface area (Å²) >= 11 is 0. The number of hydrogen-bond donors (Lipinski definition) is 0. The molecule has 0 aromatic rings. The maximum absolute atomic E-state index is 12.8. The number of hydrogen-bond acceptors (Lipinski definition) is 6. The minimum atomic E-state index is -0.804. The average molecular weight is 861 g/mol. The van der Waals surface area contributed by atoms with Crippen LogP contribution in [0.3, 0.4) is 0 Å². The molecule has 0 aliphatic rings. The van der Waals surface area contributed by atoms with Gasteiger partial charge in [0.1, 0.15) is 13.2 Å². The molecule has 0 aliphatic carbocycles. The van der Waals surface area contributed by atoms with Gasteiger partial charge in [-0.15, -0.1) is 0 Å². The van der Waals surface area contributed by atoms with Crippen LogP contribution < -0.4 is 0 Å². The van der Waals surface area contributed by atoms with Gasteiger partial charge in [-0.1, -0.05) is 195 Å². The summed E-state index contributed by atoms with van der Waals surface area (Å²) in [4.78, 5) is 37.9. The Morgan fingerprint density at radius 2 is 0.694 bits per heavy atom. The monoisotopic (exact) mass is 861 g/mol. The van der Waals surface area contributed by atoms with E-state index >= 15 is 0 Å². The first-order valence-electron chi connectivity index (χ1n) is 25.3. The van der Waals surface area contributed by atoms with Gasteiger partial charge < -0.3 is 14.2 Å². The molecule has 0 heterocycles. The molecule has 0 N–H and O–H groups in total. The third-order valence-corrected chi connectivity index (χ3v) is 10.4. The van der Waals surface area contributed by atoms with Crippen LogP contribution in [0.2, 0.25) is 0 Å². The molecule has 0 radical (unpaired) electrons. The van der Waals surface area contributed by atoms with E-state index in [9.17, 15) is 14.4 Å². The molecule has 0 saturated heterocycles.